The molecule has 2 aromatic heterocycles. The van der Waals surface area contributed by atoms with Gasteiger partial charge in [0.15, 0.2) is 0 Å². The van der Waals surface area contributed by atoms with Gasteiger partial charge in [-0.2, -0.15) is 0 Å². The Morgan fingerprint density at radius 3 is 2.81 bits per heavy atom. The largest absolute Gasteiger partial charge is 0.370 e. The van der Waals surface area contributed by atoms with Crippen LogP contribution in [0.4, 0.5) is 11.6 Å². The molecule has 2 N–H and O–H groups in total. The Bertz CT molecular complexity index is 911. The highest BCUT2D eigenvalue weighted by Crippen LogP contribution is 2.19. The summed E-state index contributed by atoms with van der Waals surface area (Å²) in [7, 11) is 0. The highest BCUT2D eigenvalue weighted by molar-refractivity contribution is 5.98. The number of hydrogen-bond acceptors (Lipinski definition) is 4. The minimum Gasteiger partial charge on any atom is -0.370 e. The number of rotatable bonds is 4. The molecule has 0 aliphatic carbocycles. The zero-order valence-electron chi connectivity index (χ0n) is 14.9. The van der Waals surface area contributed by atoms with Gasteiger partial charge in [-0.1, -0.05) is 6.07 Å². The molecule has 1 aliphatic rings. The van der Waals surface area contributed by atoms with E-state index in [2.05, 4.69) is 27.1 Å². The van der Waals surface area contributed by atoms with Gasteiger partial charge in [0.25, 0.3) is 5.91 Å². The van der Waals surface area contributed by atoms with Crippen LogP contribution >= 0.6 is 0 Å². The quantitative estimate of drug-likeness (QED) is 0.760. The van der Waals surface area contributed by atoms with E-state index in [0.29, 0.717) is 13.1 Å². The summed E-state index contributed by atoms with van der Waals surface area (Å²) >= 11 is 0. The summed E-state index contributed by atoms with van der Waals surface area (Å²) in [5.41, 5.74) is 1.80. The van der Waals surface area contributed by atoms with Crippen LogP contribution in [0.1, 0.15) is 17.3 Å². The lowest BCUT2D eigenvalue weighted by atomic mass is 10.1. The molecule has 1 amide bonds. The second kappa shape index (κ2) is 7.07. The minimum absolute atomic E-state index is 0.0992. The number of H-pyrrole nitrogens is 1. The van der Waals surface area contributed by atoms with Gasteiger partial charge in [0.05, 0.1) is 0 Å². The fourth-order valence-electron chi connectivity index (χ4n) is 3.39. The molecule has 1 aromatic carbocycles. The van der Waals surface area contributed by atoms with Crippen LogP contribution in [-0.4, -0.2) is 53.5 Å². The second-order valence-electron chi connectivity index (χ2n) is 6.47. The van der Waals surface area contributed by atoms with Crippen LogP contribution in [-0.2, 0) is 0 Å². The number of aromatic nitrogens is 2. The molecule has 3 aromatic rings. The van der Waals surface area contributed by atoms with Gasteiger partial charge in [-0.25, -0.2) is 4.98 Å². The smallest absolute Gasteiger partial charge is 0.253 e. The number of fused-ring (bicyclic) bond motifs is 1. The van der Waals surface area contributed by atoms with Crippen molar-refractivity contribution in [2.75, 3.05) is 42.9 Å². The zero-order valence-corrected chi connectivity index (χ0v) is 14.9. The average molecular weight is 349 g/mol. The van der Waals surface area contributed by atoms with E-state index in [1.54, 1.807) is 0 Å². The molecule has 0 atom stereocenters. The zero-order chi connectivity index (χ0) is 17.9. The van der Waals surface area contributed by atoms with Gasteiger partial charge in [-0.3, -0.25) is 4.79 Å². The predicted molar refractivity (Wildman–Crippen MR) is 105 cm³/mol. The van der Waals surface area contributed by atoms with Gasteiger partial charge < -0.3 is 20.1 Å². The van der Waals surface area contributed by atoms with Crippen molar-refractivity contribution in [1.29, 1.82) is 0 Å². The first-order chi connectivity index (χ1) is 12.7. The van der Waals surface area contributed by atoms with E-state index in [1.807, 2.05) is 53.6 Å². The lowest BCUT2D eigenvalue weighted by Crippen LogP contribution is -2.49. The van der Waals surface area contributed by atoms with E-state index in [-0.39, 0.29) is 5.91 Å². The van der Waals surface area contributed by atoms with Gasteiger partial charge in [0.2, 0.25) is 0 Å². The average Bonchev–Trinajstić information content (AvgIpc) is 3.16. The normalized spacial score (nSPS) is 14.7. The maximum atomic E-state index is 12.8. The number of anilines is 2. The third-order valence-corrected chi connectivity index (χ3v) is 4.78. The number of benzene rings is 1. The van der Waals surface area contributed by atoms with Crippen molar-refractivity contribution < 1.29 is 4.79 Å². The van der Waals surface area contributed by atoms with Crippen molar-refractivity contribution in [2.24, 2.45) is 0 Å². The maximum absolute atomic E-state index is 12.8. The van der Waals surface area contributed by atoms with Crippen molar-refractivity contribution >= 4 is 28.4 Å². The summed E-state index contributed by atoms with van der Waals surface area (Å²) in [6, 6.07) is 13.8. The number of amides is 1. The number of nitrogens with one attached hydrogen (secondary N) is 2. The first-order valence-corrected chi connectivity index (χ1v) is 9.07. The molecule has 0 bridgehead atoms. The van der Waals surface area contributed by atoms with Crippen LogP contribution in [0.25, 0.3) is 10.9 Å². The molecular weight excluding hydrogens is 326 g/mol. The predicted octanol–water partition coefficient (Wildman–Crippen LogP) is 2.96. The SMILES string of the molecule is CCNc1cccc(N2CCN(C(=O)c3ccc4[nH]ccc4c3)CC2)n1. The molecule has 3 heterocycles. The highest BCUT2D eigenvalue weighted by atomic mass is 16.2. The number of nitrogens with zero attached hydrogens (tertiary/aromatic N) is 3. The van der Waals surface area contributed by atoms with Crippen LogP contribution in [0, 0.1) is 0 Å². The van der Waals surface area contributed by atoms with E-state index in [1.165, 1.54) is 0 Å². The van der Waals surface area contributed by atoms with Crippen molar-refractivity contribution in [3.63, 3.8) is 0 Å². The lowest BCUT2D eigenvalue weighted by Gasteiger charge is -2.35. The van der Waals surface area contributed by atoms with E-state index in [9.17, 15) is 4.79 Å². The van der Waals surface area contributed by atoms with E-state index in [4.69, 9.17) is 0 Å². The third kappa shape index (κ3) is 3.22. The number of carbonyl (C=O) groups is 1. The number of pyridine rings is 1. The number of carbonyl (C=O) groups excluding carboxylic acids is 1. The van der Waals surface area contributed by atoms with Crippen LogP contribution in [0.2, 0.25) is 0 Å². The molecule has 0 unspecified atom stereocenters. The van der Waals surface area contributed by atoms with Crippen LogP contribution in [0.15, 0.2) is 48.7 Å². The Morgan fingerprint density at radius 1 is 1.15 bits per heavy atom. The van der Waals surface area contributed by atoms with Crippen molar-refractivity contribution in [3.05, 3.63) is 54.2 Å². The minimum atomic E-state index is 0.0992. The molecule has 0 spiro atoms. The molecule has 1 fully saturated rings. The fourth-order valence-corrected chi connectivity index (χ4v) is 3.39. The van der Waals surface area contributed by atoms with Gasteiger partial charge in [0.1, 0.15) is 11.6 Å². The van der Waals surface area contributed by atoms with Crippen molar-refractivity contribution in [3.8, 4) is 0 Å². The van der Waals surface area contributed by atoms with E-state index < -0.39 is 0 Å². The highest BCUT2D eigenvalue weighted by Gasteiger charge is 2.23. The molecule has 0 radical (unpaired) electrons. The van der Waals surface area contributed by atoms with Crippen molar-refractivity contribution in [1.82, 2.24) is 14.9 Å². The standard InChI is InChI=1S/C20H23N5O/c1-2-21-18-4-3-5-19(23-18)24-10-12-25(13-11-24)20(26)16-6-7-17-15(14-16)8-9-22-17/h3-9,14,22H,2,10-13H2,1H3,(H,21,23). The number of hydrogen-bond donors (Lipinski definition) is 2. The maximum Gasteiger partial charge on any atom is 0.253 e. The molecule has 0 saturated carbocycles. The summed E-state index contributed by atoms with van der Waals surface area (Å²) in [5.74, 6) is 1.95. The van der Waals surface area contributed by atoms with Gasteiger partial charge in [-0.05, 0) is 43.3 Å². The monoisotopic (exact) mass is 349 g/mol. The molecule has 26 heavy (non-hydrogen) atoms. The fraction of sp³-hybridized carbons (Fsp3) is 0.300. The van der Waals surface area contributed by atoms with Crippen molar-refractivity contribution in [2.45, 2.75) is 6.92 Å². The van der Waals surface area contributed by atoms with Gasteiger partial charge >= 0.3 is 0 Å². The Kier molecular flexibility index (Phi) is 4.48. The number of aromatic amines is 1. The second-order valence-corrected chi connectivity index (χ2v) is 6.47. The summed E-state index contributed by atoms with van der Waals surface area (Å²) in [4.78, 5) is 24.8. The summed E-state index contributed by atoms with van der Waals surface area (Å²) in [6.07, 6.45) is 1.90. The summed E-state index contributed by atoms with van der Waals surface area (Å²) < 4.78 is 0. The Morgan fingerprint density at radius 2 is 2.00 bits per heavy atom. The Labute approximate surface area is 152 Å². The van der Waals surface area contributed by atoms with Gasteiger partial charge in [0, 0.05) is 55.4 Å². The molecular formula is C20H23N5O. The van der Waals surface area contributed by atoms with Gasteiger partial charge in [-0.15, -0.1) is 0 Å². The van der Waals surface area contributed by atoms with E-state index >= 15 is 0 Å². The topological polar surface area (TPSA) is 64.3 Å². The molecule has 134 valence electrons. The third-order valence-electron chi connectivity index (χ3n) is 4.78. The number of piperazine rings is 1. The summed E-state index contributed by atoms with van der Waals surface area (Å²) in [5, 5.41) is 4.31. The summed E-state index contributed by atoms with van der Waals surface area (Å²) in [6.45, 7) is 5.91. The van der Waals surface area contributed by atoms with Crippen LogP contribution in [0.5, 0.6) is 0 Å². The molecule has 1 aliphatic heterocycles. The first kappa shape index (κ1) is 16.4. The molecule has 4 rings (SSSR count). The Balaban J connectivity index is 1.42. The van der Waals surface area contributed by atoms with Crippen LogP contribution in [0.3, 0.4) is 0 Å². The lowest BCUT2D eigenvalue weighted by molar-refractivity contribution is 0.0746. The van der Waals surface area contributed by atoms with E-state index in [0.717, 1.165) is 47.7 Å². The Hall–Kier alpha value is -3.02. The molecule has 6 nitrogen and oxygen atoms in total. The molecule has 1 saturated heterocycles. The molecule has 6 heteroatoms. The first-order valence-electron chi connectivity index (χ1n) is 9.07. The van der Waals surface area contributed by atoms with Crippen LogP contribution < -0.4 is 10.2 Å².